The standard InChI is InChI=1S/C17H27FN2S/c1-5-6-19-17(15-11-21-8-7-20(15)4)16-13(3)9-12(2)10-14(16)18/h9-10,15,17,19H,5-8,11H2,1-4H3. The number of benzene rings is 1. The monoisotopic (exact) mass is 310 g/mol. The first-order valence-electron chi connectivity index (χ1n) is 7.82. The van der Waals surface area contributed by atoms with Gasteiger partial charge in [0.05, 0.1) is 6.04 Å². The first kappa shape index (κ1) is 16.8. The van der Waals surface area contributed by atoms with E-state index in [9.17, 15) is 4.39 Å². The molecule has 2 rings (SSSR count). The summed E-state index contributed by atoms with van der Waals surface area (Å²) in [5.41, 5.74) is 2.91. The second kappa shape index (κ2) is 7.61. The van der Waals surface area contributed by atoms with Gasteiger partial charge in [0.2, 0.25) is 0 Å². The number of hydrogen-bond acceptors (Lipinski definition) is 3. The van der Waals surface area contributed by atoms with E-state index in [0.717, 1.165) is 42.0 Å². The van der Waals surface area contributed by atoms with Crippen LogP contribution in [0.3, 0.4) is 0 Å². The minimum atomic E-state index is -0.0647. The highest BCUT2D eigenvalue weighted by atomic mass is 32.2. The van der Waals surface area contributed by atoms with Gasteiger partial charge in [0, 0.05) is 29.7 Å². The summed E-state index contributed by atoms with van der Waals surface area (Å²) in [5.74, 6) is 2.16. The highest BCUT2D eigenvalue weighted by Crippen LogP contribution is 2.31. The Bertz CT molecular complexity index is 455. The molecule has 1 aliphatic rings. The van der Waals surface area contributed by atoms with Gasteiger partial charge in [-0.05, 0) is 51.1 Å². The Kier molecular flexibility index (Phi) is 6.08. The van der Waals surface area contributed by atoms with Crippen LogP contribution in [0.5, 0.6) is 0 Å². The van der Waals surface area contributed by atoms with Crippen molar-refractivity contribution in [3.8, 4) is 0 Å². The molecule has 1 N–H and O–H groups in total. The Morgan fingerprint density at radius 2 is 2.19 bits per heavy atom. The van der Waals surface area contributed by atoms with Crippen LogP contribution in [0.2, 0.25) is 0 Å². The highest BCUT2D eigenvalue weighted by Gasteiger charge is 2.31. The smallest absolute Gasteiger partial charge is 0.128 e. The van der Waals surface area contributed by atoms with Crippen molar-refractivity contribution in [1.82, 2.24) is 10.2 Å². The van der Waals surface area contributed by atoms with Gasteiger partial charge in [0.15, 0.2) is 0 Å². The van der Waals surface area contributed by atoms with E-state index in [2.05, 4.69) is 30.3 Å². The van der Waals surface area contributed by atoms with Crippen LogP contribution in [0.25, 0.3) is 0 Å². The summed E-state index contributed by atoms with van der Waals surface area (Å²) in [5, 5.41) is 3.59. The Morgan fingerprint density at radius 3 is 2.81 bits per heavy atom. The van der Waals surface area contributed by atoms with Gasteiger partial charge in [-0.3, -0.25) is 4.90 Å². The minimum Gasteiger partial charge on any atom is -0.309 e. The van der Waals surface area contributed by atoms with E-state index in [1.165, 1.54) is 5.75 Å². The second-order valence-electron chi connectivity index (χ2n) is 6.03. The summed E-state index contributed by atoms with van der Waals surface area (Å²) in [6.45, 7) is 8.14. The molecule has 0 spiro atoms. The van der Waals surface area contributed by atoms with E-state index in [-0.39, 0.29) is 11.9 Å². The Balaban J connectivity index is 2.35. The van der Waals surface area contributed by atoms with Gasteiger partial charge in [-0.25, -0.2) is 4.39 Å². The van der Waals surface area contributed by atoms with Gasteiger partial charge in [-0.15, -0.1) is 0 Å². The molecule has 0 bridgehead atoms. The van der Waals surface area contributed by atoms with Gasteiger partial charge in [-0.2, -0.15) is 11.8 Å². The molecule has 21 heavy (non-hydrogen) atoms. The molecule has 1 aromatic rings. The number of thioether (sulfide) groups is 1. The lowest BCUT2D eigenvalue weighted by Crippen LogP contribution is -2.48. The van der Waals surface area contributed by atoms with Crippen molar-refractivity contribution in [2.75, 3.05) is 31.6 Å². The van der Waals surface area contributed by atoms with Crippen LogP contribution in [-0.4, -0.2) is 42.6 Å². The Morgan fingerprint density at radius 1 is 1.43 bits per heavy atom. The number of aryl methyl sites for hydroxylation is 2. The molecule has 2 nitrogen and oxygen atoms in total. The molecule has 0 radical (unpaired) electrons. The lowest BCUT2D eigenvalue weighted by atomic mass is 9.93. The largest absolute Gasteiger partial charge is 0.309 e. The van der Waals surface area contributed by atoms with E-state index >= 15 is 0 Å². The van der Waals surface area contributed by atoms with Crippen molar-refractivity contribution in [3.05, 3.63) is 34.6 Å². The molecule has 118 valence electrons. The van der Waals surface area contributed by atoms with E-state index in [1.54, 1.807) is 6.07 Å². The third-order valence-electron chi connectivity index (χ3n) is 4.23. The zero-order valence-corrected chi connectivity index (χ0v) is 14.4. The molecule has 1 aromatic carbocycles. The normalized spacial score (nSPS) is 21.5. The fourth-order valence-corrected chi connectivity index (χ4v) is 4.38. The maximum atomic E-state index is 14.6. The summed E-state index contributed by atoms with van der Waals surface area (Å²) in [6.07, 6.45) is 1.06. The molecule has 0 aliphatic carbocycles. The van der Waals surface area contributed by atoms with Crippen molar-refractivity contribution < 1.29 is 4.39 Å². The maximum absolute atomic E-state index is 14.6. The lowest BCUT2D eigenvalue weighted by molar-refractivity contribution is 0.212. The van der Waals surface area contributed by atoms with Crippen LogP contribution in [-0.2, 0) is 0 Å². The quantitative estimate of drug-likeness (QED) is 0.895. The van der Waals surface area contributed by atoms with Gasteiger partial charge < -0.3 is 5.32 Å². The third kappa shape index (κ3) is 3.99. The topological polar surface area (TPSA) is 15.3 Å². The van der Waals surface area contributed by atoms with E-state index in [0.29, 0.717) is 6.04 Å². The van der Waals surface area contributed by atoms with Gasteiger partial charge in [0.1, 0.15) is 5.82 Å². The number of nitrogens with one attached hydrogen (secondary N) is 1. The molecule has 0 amide bonds. The average Bonchev–Trinajstić information content (AvgIpc) is 2.42. The number of halogens is 1. The molecule has 0 aromatic heterocycles. The molecule has 0 saturated carbocycles. The van der Waals surface area contributed by atoms with E-state index in [4.69, 9.17) is 0 Å². The third-order valence-corrected chi connectivity index (χ3v) is 5.28. The summed E-state index contributed by atoms with van der Waals surface area (Å²) in [7, 11) is 2.16. The number of likely N-dealkylation sites (N-methyl/N-ethyl adjacent to an activating group) is 1. The minimum absolute atomic E-state index is 0.0647. The molecule has 1 saturated heterocycles. The summed E-state index contributed by atoms with van der Waals surface area (Å²) in [4.78, 5) is 2.38. The van der Waals surface area contributed by atoms with E-state index in [1.807, 2.05) is 25.6 Å². The van der Waals surface area contributed by atoms with Gasteiger partial charge >= 0.3 is 0 Å². The first-order valence-corrected chi connectivity index (χ1v) is 8.98. The number of rotatable bonds is 5. The fraction of sp³-hybridized carbons (Fsp3) is 0.647. The van der Waals surface area contributed by atoms with Crippen LogP contribution in [0.15, 0.2) is 12.1 Å². The van der Waals surface area contributed by atoms with Gasteiger partial charge in [-0.1, -0.05) is 13.0 Å². The van der Waals surface area contributed by atoms with Crippen molar-refractivity contribution in [1.29, 1.82) is 0 Å². The second-order valence-corrected chi connectivity index (χ2v) is 7.18. The Labute approximate surface area is 132 Å². The molecule has 1 aliphatic heterocycles. The van der Waals surface area contributed by atoms with Crippen LogP contribution in [0, 0.1) is 19.7 Å². The zero-order valence-electron chi connectivity index (χ0n) is 13.6. The molecular formula is C17H27FN2S. The van der Waals surface area contributed by atoms with Gasteiger partial charge in [0.25, 0.3) is 0 Å². The van der Waals surface area contributed by atoms with Crippen LogP contribution in [0.1, 0.15) is 36.1 Å². The van der Waals surface area contributed by atoms with E-state index < -0.39 is 0 Å². The predicted molar refractivity (Wildman–Crippen MR) is 90.7 cm³/mol. The molecule has 1 fully saturated rings. The highest BCUT2D eigenvalue weighted by molar-refractivity contribution is 7.99. The summed E-state index contributed by atoms with van der Waals surface area (Å²) < 4.78 is 14.6. The lowest BCUT2D eigenvalue weighted by Gasteiger charge is -2.39. The van der Waals surface area contributed by atoms with Crippen LogP contribution >= 0.6 is 11.8 Å². The van der Waals surface area contributed by atoms with Crippen molar-refractivity contribution in [2.45, 2.75) is 39.3 Å². The van der Waals surface area contributed by atoms with Crippen molar-refractivity contribution in [3.63, 3.8) is 0 Å². The first-order chi connectivity index (χ1) is 10.0. The number of nitrogens with zero attached hydrogens (tertiary/aromatic N) is 1. The summed E-state index contributed by atoms with van der Waals surface area (Å²) >= 11 is 1.97. The van der Waals surface area contributed by atoms with Crippen LogP contribution < -0.4 is 5.32 Å². The average molecular weight is 310 g/mol. The fourth-order valence-electron chi connectivity index (χ4n) is 3.11. The SMILES string of the molecule is CCCNC(c1c(C)cc(C)cc1F)C1CSCCN1C. The van der Waals surface area contributed by atoms with Crippen molar-refractivity contribution in [2.24, 2.45) is 0 Å². The molecule has 1 heterocycles. The van der Waals surface area contributed by atoms with Crippen molar-refractivity contribution >= 4 is 11.8 Å². The number of hydrogen-bond donors (Lipinski definition) is 1. The zero-order chi connectivity index (χ0) is 15.4. The molecule has 4 heteroatoms. The summed E-state index contributed by atoms with van der Waals surface area (Å²) in [6, 6.07) is 4.18. The molecule has 2 unspecified atom stereocenters. The maximum Gasteiger partial charge on any atom is 0.128 e. The van der Waals surface area contributed by atoms with Crippen LogP contribution in [0.4, 0.5) is 4.39 Å². The molecular weight excluding hydrogens is 283 g/mol. The molecule has 2 atom stereocenters. The predicted octanol–water partition coefficient (Wildman–Crippen LogP) is 3.53. The Hall–Kier alpha value is -0.580.